The van der Waals surface area contributed by atoms with Gasteiger partial charge in [0.25, 0.3) is 0 Å². The second kappa shape index (κ2) is 7.79. The molecule has 3 nitrogen and oxygen atoms in total. The first-order valence-electron chi connectivity index (χ1n) is 7.45. The fraction of sp³-hybridized carbons (Fsp3) is 0.278. The summed E-state index contributed by atoms with van der Waals surface area (Å²) in [6, 6.07) is 14.7. The van der Waals surface area contributed by atoms with Gasteiger partial charge in [0, 0.05) is 0 Å². The Morgan fingerprint density at radius 2 is 1.57 bits per heavy atom. The summed E-state index contributed by atoms with van der Waals surface area (Å²) in [4.78, 5) is 12.2. The second-order valence-corrected chi connectivity index (χ2v) is 7.84. The highest BCUT2D eigenvalue weighted by molar-refractivity contribution is 8.16. The molecule has 0 unspecified atom stereocenters. The smallest absolute Gasteiger partial charge is 0.343 e. The molecule has 0 aromatic heterocycles. The molecule has 0 N–H and O–H groups in total. The number of rotatable bonds is 4. The fourth-order valence-electron chi connectivity index (χ4n) is 2.27. The van der Waals surface area contributed by atoms with Crippen LogP contribution in [0, 0.1) is 0 Å². The van der Waals surface area contributed by atoms with E-state index < -0.39 is 0 Å². The molecule has 3 rings (SSSR count). The van der Waals surface area contributed by atoms with Gasteiger partial charge in [-0.3, -0.25) is 0 Å². The lowest BCUT2D eigenvalue weighted by atomic mass is 10.1. The summed E-state index contributed by atoms with van der Waals surface area (Å²) in [6.45, 7) is 0. The van der Waals surface area contributed by atoms with Crippen LogP contribution in [-0.4, -0.2) is 24.6 Å². The number of hydrogen-bond acceptors (Lipinski definition) is 5. The number of benzene rings is 2. The topological polar surface area (TPSA) is 35.5 Å². The van der Waals surface area contributed by atoms with Crippen molar-refractivity contribution in [3.63, 3.8) is 0 Å². The third-order valence-corrected chi connectivity index (χ3v) is 6.53. The largest absolute Gasteiger partial charge is 0.497 e. The highest BCUT2D eigenvalue weighted by atomic mass is 32.2. The van der Waals surface area contributed by atoms with Crippen LogP contribution in [0.25, 0.3) is 0 Å². The maximum absolute atomic E-state index is 12.2. The number of carbonyl (C=O) groups excluding carboxylic acids is 1. The molecule has 2 aromatic rings. The molecule has 0 spiro atoms. The third-order valence-electron chi connectivity index (χ3n) is 3.52. The zero-order chi connectivity index (χ0) is 16.1. The zero-order valence-electron chi connectivity index (χ0n) is 12.9. The average Bonchev–Trinajstić information content (AvgIpc) is 2.63. The quantitative estimate of drug-likeness (QED) is 0.588. The van der Waals surface area contributed by atoms with E-state index in [9.17, 15) is 4.79 Å². The molecule has 0 bridgehead atoms. The number of methoxy groups -OCH3 is 1. The molecule has 2 aromatic carbocycles. The second-order valence-electron chi connectivity index (χ2n) is 5.11. The van der Waals surface area contributed by atoms with Crippen molar-refractivity contribution in [3.8, 4) is 11.5 Å². The van der Waals surface area contributed by atoms with Crippen molar-refractivity contribution in [1.82, 2.24) is 0 Å². The van der Waals surface area contributed by atoms with Gasteiger partial charge in [-0.05, 0) is 59.9 Å². The van der Waals surface area contributed by atoms with Gasteiger partial charge in [-0.15, -0.1) is 23.5 Å². The van der Waals surface area contributed by atoms with Gasteiger partial charge in [-0.1, -0.05) is 12.1 Å². The van der Waals surface area contributed by atoms with Crippen LogP contribution in [0.3, 0.4) is 0 Å². The van der Waals surface area contributed by atoms with Crippen LogP contribution in [0.4, 0.5) is 0 Å². The van der Waals surface area contributed by atoms with E-state index in [1.807, 2.05) is 47.8 Å². The van der Waals surface area contributed by atoms with Crippen LogP contribution in [0.1, 0.15) is 26.9 Å². The van der Waals surface area contributed by atoms with E-state index in [0.29, 0.717) is 15.9 Å². The molecule has 5 heteroatoms. The van der Waals surface area contributed by atoms with E-state index in [4.69, 9.17) is 9.47 Å². The summed E-state index contributed by atoms with van der Waals surface area (Å²) < 4.78 is 10.9. The highest BCUT2D eigenvalue weighted by Crippen LogP contribution is 2.43. The Balaban J connectivity index is 1.64. The predicted octanol–water partition coefficient (Wildman–Crippen LogP) is 4.78. The lowest BCUT2D eigenvalue weighted by molar-refractivity contribution is 0.0734. The van der Waals surface area contributed by atoms with Gasteiger partial charge in [0.15, 0.2) is 0 Å². The lowest BCUT2D eigenvalue weighted by Gasteiger charge is -2.21. The predicted molar refractivity (Wildman–Crippen MR) is 96.7 cm³/mol. The molecular formula is C18H18O3S2. The lowest BCUT2D eigenvalue weighted by Crippen LogP contribution is -2.08. The molecule has 1 aliphatic heterocycles. The summed E-state index contributed by atoms with van der Waals surface area (Å²) in [6.07, 6.45) is 1.28. The van der Waals surface area contributed by atoms with Gasteiger partial charge in [0.1, 0.15) is 11.5 Å². The van der Waals surface area contributed by atoms with E-state index in [1.165, 1.54) is 23.5 Å². The van der Waals surface area contributed by atoms with Gasteiger partial charge < -0.3 is 9.47 Å². The van der Waals surface area contributed by atoms with Crippen LogP contribution in [0.15, 0.2) is 48.5 Å². The van der Waals surface area contributed by atoms with E-state index in [1.54, 1.807) is 31.4 Å². The summed E-state index contributed by atoms with van der Waals surface area (Å²) in [5.41, 5.74) is 1.83. The van der Waals surface area contributed by atoms with Crippen LogP contribution in [0.2, 0.25) is 0 Å². The molecular weight excluding hydrogens is 328 g/mol. The minimum absolute atomic E-state index is 0.342. The zero-order valence-corrected chi connectivity index (χ0v) is 14.5. The van der Waals surface area contributed by atoms with Gasteiger partial charge >= 0.3 is 5.97 Å². The molecule has 0 saturated carbocycles. The third kappa shape index (κ3) is 4.24. The van der Waals surface area contributed by atoms with Crippen molar-refractivity contribution >= 4 is 29.5 Å². The van der Waals surface area contributed by atoms with Gasteiger partial charge in [-0.25, -0.2) is 4.79 Å². The van der Waals surface area contributed by atoms with Crippen LogP contribution >= 0.6 is 23.5 Å². The molecule has 23 heavy (non-hydrogen) atoms. The minimum atomic E-state index is -0.342. The first kappa shape index (κ1) is 16.3. The van der Waals surface area contributed by atoms with E-state index in [2.05, 4.69) is 0 Å². The number of ether oxygens (including phenoxy) is 2. The molecule has 0 amide bonds. The van der Waals surface area contributed by atoms with Crippen LogP contribution < -0.4 is 9.47 Å². The number of thioether (sulfide) groups is 2. The molecule has 120 valence electrons. The van der Waals surface area contributed by atoms with E-state index in [-0.39, 0.29) is 5.97 Å². The first-order valence-corrected chi connectivity index (χ1v) is 9.55. The van der Waals surface area contributed by atoms with Crippen LogP contribution in [-0.2, 0) is 0 Å². The number of carbonyl (C=O) groups is 1. The van der Waals surface area contributed by atoms with Crippen molar-refractivity contribution < 1.29 is 14.3 Å². The maximum atomic E-state index is 12.2. The Hall–Kier alpha value is -1.59. The standard InChI is InChI=1S/C18H18O3S2/c1-20-15-7-9-16(10-8-15)21-17(19)13-3-5-14(6-4-13)18-22-11-2-12-23-18/h3-10,18H,2,11-12H2,1H3. The Morgan fingerprint density at radius 3 is 2.17 bits per heavy atom. The maximum Gasteiger partial charge on any atom is 0.343 e. The van der Waals surface area contributed by atoms with Crippen LogP contribution in [0.5, 0.6) is 11.5 Å². The first-order chi connectivity index (χ1) is 11.3. The molecule has 1 saturated heterocycles. The summed E-state index contributed by atoms with van der Waals surface area (Å²) in [7, 11) is 1.60. The Kier molecular flexibility index (Phi) is 5.51. The Labute approximate surface area is 144 Å². The van der Waals surface area contributed by atoms with Gasteiger partial charge in [0.05, 0.1) is 17.3 Å². The molecule has 0 aliphatic carbocycles. The fourth-order valence-corrected chi connectivity index (χ4v) is 5.16. The Morgan fingerprint density at radius 1 is 0.957 bits per heavy atom. The SMILES string of the molecule is COc1ccc(OC(=O)c2ccc(C3SCCCS3)cc2)cc1. The van der Waals surface area contributed by atoms with Crippen molar-refractivity contribution in [2.45, 2.75) is 11.0 Å². The van der Waals surface area contributed by atoms with Crippen molar-refractivity contribution in [2.75, 3.05) is 18.6 Å². The molecule has 1 heterocycles. The highest BCUT2D eigenvalue weighted by Gasteiger charge is 2.17. The molecule has 0 atom stereocenters. The molecule has 1 aliphatic rings. The van der Waals surface area contributed by atoms with E-state index in [0.717, 1.165) is 5.75 Å². The van der Waals surface area contributed by atoms with Gasteiger partial charge in [-0.2, -0.15) is 0 Å². The number of hydrogen-bond donors (Lipinski definition) is 0. The number of esters is 1. The van der Waals surface area contributed by atoms with Gasteiger partial charge in [0.2, 0.25) is 0 Å². The van der Waals surface area contributed by atoms with Crippen molar-refractivity contribution in [1.29, 1.82) is 0 Å². The summed E-state index contributed by atoms with van der Waals surface area (Å²) >= 11 is 3.94. The van der Waals surface area contributed by atoms with Crippen molar-refractivity contribution in [3.05, 3.63) is 59.7 Å². The minimum Gasteiger partial charge on any atom is -0.497 e. The molecule has 0 radical (unpaired) electrons. The Bertz CT molecular complexity index is 647. The normalized spacial score (nSPS) is 15.2. The monoisotopic (exact) mass is 346 g/mol. The average molecular weight is 346 g/mol. The summed E-state index contributed by atoms with van der Waals surface area (Å²) in [5.74, 6) is 3.32. The van der Waals surface area contributed by atoms with Crippen molar-refractivity contribution in [2.24, 2.45) is 0 Å². The molecule has 1 fully saturated rings. The van der Waals surface area contributed by atoms with E-state index >= 15 is 0 Å². The summed E-state index contributed by atoms with van der Waals surface area (Å²) in [5, 5.41) is 0.